The lowest BCUT2D eigenvalue weighted by molar-refractivity contribution is 0.0849. The number of benzene rings is 2. The van der Waals surface area contributed by atoms with Gasteiger partial charge < -0.3 is 4.74 Å². The lowest BCUT2D eigenvalue weighted by Gasteiger charge is -2.25. The number of hydrogen-bond acceptors (Lipinski definition) is 2. The van der Waals surface area contributed by atoms with E-state index >= 15 is 0 Å². The van der Waals surface area contributed by atoms with E-state index in [2.05, 4.69) is 22.6 Å². The van der Waals surface area contributed by atoms with Crippen molar-refractivity contribution in [1.29, 1.82) is 0 Å². The van der Waals surface area contributed by atoms with E-state index in [1.807, 2.05) is 24.3 Å². The second-order valence-electron chi connectivity index (χ2n) is 4.43. The zero-order valence-electron chi connectivity index (χ0n) is 9.90. The molecular weight excluding hydrogens is 358 g/mol. The number of fused-ring (bicyclic) bond motifs is 1. The lowest BCUT2D eigenvalue weighted by atomic mass is 9.96. The number of hydrogen-bond donors (Lipinski definition) is 0. The largest absolute Gasteiger partial charge is 0.484 e. The summed E-state index contributed by atoms with van der Waals surface area (Å²) in [5, 5.41) is 0. The molecule has 0 saturated carbocycles. The molecule has 2 aromatic carbocycles. The first-order valence-electron chi connectivity index (χ1n) is 5.88. The number of halogens is 2. The minimum atomic E-state index is -0.414. The van der Waals surface area contributed by atoms with Gasteiger partial charge in [-0.25, -0.2) is 4.39 Å². The van der Waals surface area contributed by atoms with Crippen LogP contribution in [0.2, 0.25) is 0 Å². The first-order valence-corrected chi connectivity index (χ1v) is 6.96. The number of ketones is 1. The molecule has 0 spiro atoms. The normalized spacial score (nSPS) is 17.8. The Labute approximate surface area is 123 Å². The average Bonchev–Trinajstić information content (AvgIpc) is 2.40. The fourth-order valence-corrected chi connectivity index (χ4v) is 2.52. The molecule has 3 rings (SSSR count). The molecule has 2 aromatic rings. The van der Waals surface area contributed by atoms with Crippen LogP contribution in [0.5, 0.6) is 5.75 Å². The molecular formula is C15H10FIO2. The van der Waals surface area contributed by atoms with Gasteiger partial charge in [0.15, 0.2) is 5.78 Å². The van der Waals surface area contributed by atoms with E-state index < -0.39 is 5.82 Å². The second kappa shape index (κ2) is 4.92. The van der Waals surface area contributed by atoms with Crippen LogP contribution >= 0.6 is 22.6 Å². The Balaban J connectivity index is 1.95. The van der Waals surface area contributed by atoms with Crippen molar-refractivity contribution in [3.63, 3.8) is 0 Å². The monoisotopic (exact) mass is 368 g/mol. The summed E-state index contributed by atoms with van der Waals surface area (Å²) >= 11 is 2.23. The standard InChI is InChI=1S/C15H10FIO2/c16-10-3-6-14-12(7-10)13(18)8-15(19-14)9-1-4-11(17)5-2-9/h1-7,15H,8H2. The Kier molecular flexibility index (Phi) is 3.26. The molecule has 0 N–H and O–H groups in total. The molecule has 0 radical (unpaired) electrons. The van der Waals surface area contributed by atoms with Crippen LogP contribution in [0.1, 0.15) is 28.4 Å². The van der Waals surface area contributed by atoms with Crippen LogP contribution in [0.3, 0.4) is 0 Å². The lowest BCUT2D eigenvalue weighted by Crippen LogP contribution is -2.20. The van der Waals surface area contributed by atoms with Crippen LogP contribution in [0.15, 0.2) is 42.5 Å². The molecule has 0 amide bonds. The second-order valence-corrected chi connectivity index (χ2v) is 5.67. The molecule has 2 nitrogen and oxygen atoms in total. The van der Waals surface area contributed by atoms with Crippen molar-refractivity contribution < 1.29 is 13.9 Å². The van der Waals surface area contributed by atoms with Gasteiger partial charge in [0.25, 0.3) is 0 Å². The van der Waals surface area contributed by atoms with Crippen molar-refractivity contribution in [2.24, 2.45) is 0 Å². The quantitative estimate of drug-likeness (QED) is 0.708. The van der Waals surface area contributed by atoms with E-state index in [1.165, 1.54) is 18.2 Å². The fraction of sp³-hybridized carbons (Fsp3) is 0.133. The molecule has 19 heavy (non-hydrogen) atoms. The summed E-state index contributed by atoms with van der Waals surface area (Å²) in [4.78, 5) is 12.0. The number of rotatable bonds is 1. The third-order valence-electron chi connectivity index (χ3n) is 3.12. The van der Waals surface area contributed by atoms with Crippen LogP contribution in [0.4, 0.5) is 4.39 Å². The predicted molar refractivity (Wildman–Crippen MR) is 77.9 cm³/mol. The summed E-state index contributed by atoms with van der Waals surface area (Å²) in [5.74, 6) is -0.0334. The summed E-state index contributed by atoms with van der Waals surface area (Å²) in [6, 6.07) is 11.9. The third-order valence-corrected chi connectivity index (χ3v) is 3.84. The van der Waals surface area contributed by atoms with Crippen molar-refractivity contribution in [2.45, 2.75) is 12.5 Å². The van der Waals surface area contributed by atoms with Gasteiger partial charge >= 0.3 is 0 Å². The van der Waals surface area contributed by atoms with Crippen LogP contribution in [0, 0.1) is 9.39 Å². The highest BCUT2D eigenvalue weighted by molar-refractivity contribution is 14.1. The fourth-order valence-electron chi connectivity index (χ4n) is 2.16. The Morgan fingerprint density at radius 2 is 1.89 bits per heavy atom. The Bertz CT molecular complexity index is 637. The molecule has 0 aliphatic carbocycles. The van der Waals surface area contributed by atoms with Gasteiger partial charge in [-0.15, -0.1) is 0 Å². The highest BCUT2D eigenvalue weighted by Gasteiger charge is 2.27. The maximum absolute atomic E-state index is 13.1. The molecule has 4 heteroatoms. The van der Waals surface area contributed by atoms with E-state index in [-0.39, 0.29) is 18.3 Å². The minimum Gasteiger partial charge on any atom is -0.484 e. The van der Waals surface area contributed by atoms with Gasteiger partial charge in [-0.1, -0.05) is 12.1 Å². The number of Topliss-reactive ketones (excluding diaryl/α,β-unsaturated/α-hetero) is 1. The van der Waals surface area contributed by atoms with E-state index in [4.69, 9.17) is 4.74 Å². The molecule has 1 aliphatic rings. The van der Waals surface area contributed by atoms with Crippen LogP contribution < -0.4 is 4.74 Å². The van der Waals surface area contributed by atoms with Gasteiger partial charge in [0.05, 0.1) is 12.0 Å². The molecule has 1 heterocycles. The summed E-state index contributed by atoms with van der Waals surface area (Å²) in [6.07, 6.45) is -0.0423. The maximum Gasteiger partial charge on any atom is 0.170 e. The SMILES string of the molecule is O=C1CC(c2ccc(I)cc2)Oc2ccc(F)cc21. The molecule has 96 valence electrons. The zero-order valence-corrected chi connectivity index (χ0v) is 12.1. The van der Waals surface area contributed by atoms with E-state index in [1.54, 1.807) is 0 Å². The van der Waals surface area contributed by atoms with Crippen LogP contribution in [-0.4, -0.2) is 5.78 Å². The molecule has 0 fully saturated rings. The maximum atomic E-state index is 13.1. The van der Waals surface area contributed by atoms with Gasteiger partial charge in [0.1, 0.15) is 17.7 Å². The summed E-state index contributed by atoms with van der Waals surface area (Å²) in [7, 11) is 0. The van der Waals surface area contributed by atoms with Crippen molar-refractivity contribution >= 4 is 28.4 Å². The number of carbonyl (C=O) groups excluding carboxylic acids is 1. The summed E-state index contributed by atoms with van der Waals surface area (Å²) in [5.41, 5.74) is 1.30. The van der Waals surface area contributed by atoms with Gasteiger partial charge in [-0.3, -0.25) is 4.79 Å². The van der Waals surface area contributed by atoms with E-state index in [0.717, 1.165) is 9.13 Å². The van der Waals surface area contributed by atoms with Crippen molar-refractivity contribution in [3.8, 4) is 5.75 Å². The Morgan fingerprint density at radius 1 is 1.16 bits per heavy atom. The van der Waals surface area contributed by atoms with Crippen molar-refractivity contribution in [2.75, 3.05) is 0 Å². The van der Waals surface area contributed by atoms with E-state index in [0.29, 0.717) is 11.3 Å². The van der Waals surface area contributed by atoms with Crippen molar-refractivity contribution in [3.05, 3.63) is 63.0 Å². The molecule has 1 aliphatic heterocycles. The third kappa shape index (κ3) is 2.49. The van der Waals surface area contributed by atoms with Crippen molar-refractivity contribution in [1.82, 2.24) is 0 Å². The number of ether oxygens (including phenoxy) is 1. The first-order chi connectivity index (χ1) is 9.13. The van der Waals surface area contributed by atoms with Crippen LogP contribution in [-0.2, 0) is 0 Å². The summed E-state index contributed by atoms with van der Waals surface area (Å²) in [6.45, 7) is 0. The molecule has 0 bridgehead atoms. The molecule has 0 aromatic heterocycles. The van der Waals surface area contributed by atoms with Gasteiger partial charge in [0, 0.05) is 3.57 Å². The topological polar surface area (TPSA) is 26.3 Å². The molecule has 1 atom stereocenters. The van der Waals surface area contributed by atoms with Gasteiger partial charge in [-0.2, -0.15) is 0 Å². The highest BCUT2D eigenvalue weighted by Crippen LogP contribution is 2.35. The predicted octanol–water partition coefficient (Wildman–Crippen LogP) is 4.14. The molecule has 0 saturated heterocycles. The minimum absolute atomic E-state index is 0.0794. The van der Waals surface area contributed by atoms with Gasteiger partial charge in [0.2, 0.25) is 0 Å². The number of carbonyl (C=O) groups is 1. The van der Waals surface area contributed by atoms with Crippen LogP contribution in [0.25, 0.3) is 0 Å². The highest BCUT2D eigenvalue weighted by atomic mass is 127. The summed E-state index contributed by atoms with van der Waals surface area (Å²) < 4.78 is 20.0. The van der Waals surface area contributed by atoms with E-state index in [9.17, 15) is 9.18 Å². The Morgan fingerprint density at radius 3 is 2.63 bits per heavy atom. The Hall–Kier alpha value is -1.43. The first kappa shape index (κ1) is 12.6. The smallest absolute Gasteiger partial charge is 0.170 e. The molecule has 1 unspecified atom stereocenters. The zero-order chi connectivity index (χ0) is 13.4. The average molecular weight is 368 g/mol. The van der Waals surface area contributed by atoms with Gasteiger partial charge in [-0.05, 0) is 58.5 Å².